The third kappa shape index (κ3) is 5.61. The van der Waals surface area contributed by atoms with Crippen LogP contribution in [0.3, 0.4) is 0 Å². The third-order valence-corrected chi connectivity index (χ3v) is 5.18. The molecule has 2 amide bonds. The van der Waals surface area contributed by atoms with Crippen LogP contribution in [0.15, 0.2) is 72.8 Å². The number of carbonyl (C=O) groups is 2. The Hall–Kier alpha value is -3.31. The Kier molecular flexibility index (Phi) is 7.09. The summed E-state index contributed by atoms with van der Waals surface area (Å²) in [6.07, 6.45) is 0. The van der Waals surface area contributed by atoms with Crippen molar-refractivity contribution in [2.24, 2.45) is 0 Å². The molecule has 3 aromatic rings. The van der Waals surface area contributed by atoms with Crippen molar-refractivity contribution in [3.63, 3.8) is 0 Å². The van der Waals surface area contributed by atoms with Crippen molar-refractivity contribution >= 4 is 34.8 Å². The van der Waals surface area contributed by atoms with Crippen molar-refractivity contribution in [1.82, 2.24) is 5.32 Å². The second-order valence-electron chi connectivity index (χ2n) is 7.00. The SMILES string of the molecule is Cc1c(Cl)cccc1NC(=O)CNc1cccc(C(=O)NC(C)c2ccccc2)c1. The Morgan fingerprint density at radius 2 is 1.70 bits per heavy atom. The van der Waals surface area contributed by atoms with Crippen molar-refractivity contribution in [3.05, 3.63) is 94.5 Å². The zero-order valence-electron chi connectivity index (χ0n) is 16.9. The number of rotatable bonds is 7. The number of hydrogen-bond donors (Lipinski definition) is 3. The average molecular weight is 422 g/mol. The second kappa shape index (κ2) is 9.94. The van der Waals surface area contributed by atoms with E-state index in [0.29, 0.717) is 22.0 Å². The molecule has 0 saturated carbocycles. The number of hydrogen-bond acceptors (Lipinski definition) is 3. The molecule has 0 bridgehead atoms. The minimum Gasteiger partial charge on any atom is -0.376 e. The van der Waals surface area contributed by atoms with Crippen molar-refractivity contribution < 1.29 is 9.59 Å². The molecule has 30 heavy (non-hydrogen) atoms. The Morgan fingerprint density at radius 1 is 0.967 bits per heavy atom. The third-order valence-electron chi connectivity index (χ3n) is 4.77. The van der Waals surface area contributed by atoms with E-state index in [1.807, 2.05) is 50.2 Å². The number of carbonyl (C=O) groups excluding carboxylic acids is 2. The molecule has 6 heteroatoms. The number of halogens is 1. The van der Waals surface area contributed by atoms with Gasteiger partial charge in [-0.15, -0.1) is 0 Å². The summed E-state index contributed by atoms with van der Waals surface area (Å²) in [5.41, 5.74) is 3.74. The quantitative estimate of drug-likeness (QED) is 0.491. The summed E-state index contributed by atoms with van der Waals surface area (Å²) in [7, 11) is 0. The van der Waals surface area contributed by atoms with Gasteiger partial charge in [0.1, 0.15) is 0 Å². The lowest BCUT2D eigenvalue weighted by Gasteiger charge is -2.15. The number of nitrogens with one attached hydrogen (secondary N) is 3. The molecular formula is C24H24ClN3O2. The molecule has 0 aliphatic heterocycles. The van der Waals surface area contributed by atoms with E-state index in [-0.39, 0.29) is 24.4 Å². The van der Waals surface area contributed by atoms with Gasteiger partial charge in [0.25, 0.3) is 5.91 Å². The van der Waals surface area contributed by atoms with Crippen LogP contribution in [-0.2, 0) is 4.79 Å². The van der Waals surface area contributed by atoms with E-state index in [0.717, 1.165) is 11.1 Å². The summed E-state index contributed by atoms with van der Waals surface area (Å²) in [6, 6.07) is 22.1. The van der Waals surface area contributed by atoms with Crippen molar-refractivity contribution in [2.45, 2.75) is 19.9 Å². The van der Waals surface area contributed by atoms with Gasteiger partial charge in [0.05, 0.1) is 12.6 Å². The number of anilines is 2. The van der Waals surface area contributed by atoms with Crippen LogP contribution in [0.1, 0.15) is 34.5 Å². The van der Waals surface area contributed by atoms with Crippen molar-refractivity contribution in [3.8, 4) is 0 Å². The van der Waals surface area contributed by atoms with Crippen LogP contribution in [0.25, 0.3) is 0 Å². The zero-order valence-corrected chi connectivity index (χ0v) is 17.7. The smallest absolute Gasteiger partial charge is 0.251 e. The molecule has 0 aromatic heterocycles. The molecular weight excluding hydrogens is 398 g/mol. The van der Waals surface area contributed by atoms with Crippen LogP contribution >= 0.6 is 11.6 Å². The lowest BCUT2D eigenvalue weighted by molar-refractivity contribution is -0.114. The van der Waals surface area contributed by atoms with Gasteiger partial charge in [-0.25, -0.2) is 0 Å². The molecule has 3 rings (SSSR count). The van der Waals surface area contributed by atoms with Gasteiger partial charge in [0.15, 0.2) is 0 Å². The summed E-state index contributed by atoms with van der Waals surface area (Å²) in [4.78, 5) is 24.9. The second-order valence-corrected chi connectivity index (χ2v) is 7.41. The van der Waals surface area contributed by atoms with Crippen LogP contribution in [-0.4, -0.2) is 18.4 Å². The molecule has 0 aliphatic carbocycles. The average Bonchev–Trinajstić information content (AvgIpc) is 2.76. The maximum absolute atomic E-state index is 12.6. The van der Waals surface area contributed by atoms with Gasteiger partial charge >= 0.3 is 0 Å². The molecule has 154 valence electrons. The summed E-state index contributed by atoms with van der Waals surface area (Å²) >= 11 is 6.09. The molecule has 0 radical (unpaired) electrons. The Bertz CT molecular complexity index is 1040. The van der Waals surface area contributed by atoms with E-state index in [4.69, 9.17) is 11.6 Å². The predicted molar refractivity (Wildman–Crippen MR) is 122 cm³/mol. The van der Waals surface area contributed by atoms with E-state index >= 15 is 0 Å². The maximum atomic E-state index is 12.6. The van der Waals surface area contributed by atoms with Gasteiger partial charge < -0.3 is 16.0 Å². The fraction of sp³-hybridized carbons (Fsp3) is 0.167. The summed E-state index contributed by atoms with van der Waals surface area (Å²) in [6.45, 7) is 3.86. The summed E-state index contributed by atoms with van der Waals surface area (Å²) in [5.74, 6) is -0.373. The first-order chi connectivity index (χ1) is 14.4. The largest absolute Gasteiger partial charge is 0.376 e. The van der Waals surface area contributed by atoms with Crippen LogP contribution in [0.4, 0.5) is 11.4 Å². The zero-order chi connectivity index (χ0) is 21.5. The fourth-order valence-electron chi connectivity index (χ4n) is 3.00. The first kappa shape index (κ1) is 21.4. The van der Waals surface area contributed by atoms with Gasteiger partial charge in [-0.05, 0) is 55.3 Å². The number of benzene rings is 3. The minimum atomic E-state index is -0.201. The highest BCUT2D eigenvalue weighted by Crippen LogP contribution is 2.23. The minimum absolute atomic E-state index is 0.0669. The molecule has 5 nitrogen and oxygen atoms in total. The van der Waals surface area contributed by atoms with E-state index in [1.165, 1.54) is 0 Å². The summed E-state index contributed by atoms with van der Waals surface area (Å²) in [5, 5.41) is 9.48. The monoisotopic (exact) mass is 421 g/mol. The first-order valence-corrected chi connectivity index (χ1v) is 10.1. The maximum Gasteiger partial charge on any atom is 0.251 e. The highest BCUT2D eigenvalue weighted by molar-refractivity contribution is 6.31. The van der Waals surface area contributed by atoms with E-state index in [2.05, 4.69) is 16.0 Å². The fourth-order valence-corrected chi connectivity index (χ4v) is 3.17. The molecule has 0 saturated heterocycles. The molecule has 3 aromatic carbocycles. The van der Waals surface area contributed by atoms with Crippen LogP contribution in [0.5, 0.6) is 0 Å². The summed E-state index contributed by atoms with van der Waals surface area (Å²) < 4.78 is 0. The van der Waals surface area contributed by atoms with E-state index < -0.39 is 0 Å². The molecule has 3 N–H and O–H groups in total. The molecule has 0 spiro atoms. The topological polar surface area (TPSA) is 70.2 Å². The molecule has 1 atom stereocenters. The van der Waals surface area contributed by atoms with Gasteiger partial charge in [0.2, 0.25) is 5.91 Å². The molecule has 1 unspecified atom stereocenters. The van der Waals surface area contributed by atoms with Crippen LogP contribution in [0.2, 0.25) is 5.02 Å². The standard InChI is InChI=1S/C24H24ClN3O2/c1-16-21(25)12-7-13-22(16)28-23(29)15-26-20-11-6-10-19(14-20)24(30)27-17(2)18-8-4-3-5-9-18/h3-14,17,26H,15H2,1-2H3,(H,27,30)(H,28,29). The molecule has 0 aliphatic rings. The first-order valence-electron chi connectivity index (χ1n) is 9.69. The number of amides is 2. The normalized spacial score (nSPS) is 11.4. The Morgan fingerprint density at radius 3 is 2.47 bits per heavy atom. The van der Waals surface area contributed by atoms with Crippen molar-refractivity contribution in [2.75, 3.05) is 17.2 Å². The lowest BCUT2D eigenvalue weighted by atomic mass is 10.1. The highest BCUT2D eigenvalue weighted by atomic mass is 35.5. The van der Waals surface area contributed by atoms with Gasteiger partial charge in [-0.2, -0.15) is 0 Å². The Labute approximate surface area is 181 Å². The van der Waals surface area contributed by atoms with Crippen molar-refractivity contribution in [1.29, 1.82) is 0 Å². The van der Waals surface area contributed by atoms with E-state index in [1.54, 1.807) is 36.4 Å². The Balaban J connectivity index is 1.58. The van der Waals surface area contributed by atoms with Gasteiger partial charge in [0, 0.05) is 22.0 Å². The van der Waals surface area contributed by atoms with E-state index in [9.17, 15) is 9.59 Å². The lowest BCUT2D eigenvalue weighted by Crippen LogP contribution is -2.27. The molecule has 0 heterocycles. The predicted octanol–water partition coefficient (Wildman–Crippen LogP) is 5.19. The van der Waals surface area contributed by atoms with Crippen LogP contribution < -0.4 is 16.0 Å². The van der Waals surface area contributed by atoms with Gasteiger partial charge in [-0.1, -0.05) is 54.1 Å². The molecule has 0 fully saturated rings. The highest BCUT2D eigenvalue weighted by Gasteiger charge is 2.12. The van der Waals surface area contributed by atoms with Crippen LogP contribution in [0, 0.1) is 6.92 Å². The van der Waals surface area contributed by atoms with Gasteiger partial charge in [-0.3, -0.25) is 9.59 Å².